The maximum atomic E-state index is 13.9. The van der Waals surface area contributed by atoms with Crippen molar-refractivity contribution >= 4 is 29.1 Å². The molecule has 3 N–H and O–H groups in total. The molecular weight excluding hydrogens is 446 g/mol. The number of nitrogens with one attached hydrogen (secondary N) is 1. The zero-order valence-corrected chi connectivity index (χ0v) is 20.0. The first-order valence-corrected chi connectivity index (χ1v) is 11.6. The maximum absolute atomic E-state index is 13.9. The van der Waals surface area contributed by atoms with Crippen molar-refractivity contribution in [3.8, 4) is 0 Å². The molecule has 0 spiro atoms. The number of ether oxygens (including phenoxy) is 1. The van der Waals surface area contributed by atoms with Gasteiger partial charge in [0, 0.05) is 30.9 Å². The molecule has 1 aromatic carbocycles. The molecule has 10 heteroatoms. The molecule has 0 aromatic heterocycles. The lowest BCUT2D eigenvalue weighted by molar-refractivity contribution is -0.133. The lowest BCUT2D eigenvalue weighted by Gasteiger charge is -2.38. The van der Waals surface area contributed by atoms with E-state index < -0.39 is 30.2 Å². The summed E-state index contributed by atoms with van der Waals surface area (Å²) in [5.41, 5.74) is 5.25. The van der Waals surface area contributed by atoms with Crippen molar-refractivity contribution < 1.29 is 27.9 Å². The normalized spacial score (nSPS) is 18.2. The number of hydrogen-bond donors (Lipinski definition) is 2. The van der Waals surface area contributed by atoms with E-state index in [0.717, 1.165) is 25.3 Å². The standard InChI is InChI=1S/C24H34F2N4O4/c1-24(2,3)14-29(12-15-5-4-6-15)20(22(27)32)23(33)28-16-7-8-18(17(11-16)21(25)26)30-9-10-34-13-19(30)31/h7-8,11,15,20-21H,4-6,9-10,12-14H2,1-3H3,(H2,27,32)(H,28,33)/t20-/m0/s1. The minimum Gasteiger partial charge on any atom is -0.370 e. The van der Waals surface area contributed by atoms with Crippen LogP contribution < -0.4 is 16.0 Å². The van der Waals surface area contributed by atoms with Crippen molar-refractivity contribution in [1.82, 2.24) is 4.90 Å². The molecule has 8 nitrogen and oxygen atoms in total. The minimum atomic E-state index is -2.87. The van der Waals surface area contributed by atoms with Crippen LogP contribution in [0.2, 0.25) is 0 Å². The third-order valence-corrected chi connectivity index (χ3v) is 6.08. The number of hydrogen-bond acceptors (Lipinski definition) is 5. The van der Waals surface area contributed by atoms with E-state index in [9.17, 15) is 23.2 Å². The second-order valence-electron chi connectivity index (χ2n) is 10.3. The van der Waals surface area contributed by atoms with Crippen molar-refractivity contribution in [2.24, 2.45) is 17.1 Å². The maximum Gasteiger partial charge on any atom is 0.265 e. The molecule has 0 radical (unpaired) electrons. The SMILES string of the molecule is CC(C)(C)CN(CC1CCC1)[C@@H](C(N)=O)C(=O)Nc1ccc(N2CCOCC2=O)c(C(F)F)c1. The van der Waals surface area contributed by atoms with Gasteiger partial charge in [0.05, 0.1) is 12.3 Å². The smallest absolute Gasteiger partial charge is 0.265 e. The van der Waals surface area contributed by atoms with E-state index in [-0.39, 0.29) is 42.1 Å². The summed E-state index contributed by atoms with van der Waals surface area (Å²) in [7, 11) is 0. The summed E-state index contributed by atoms with van der Waals surface area (Å²) in [6.07, 6.45) is 0.321. The molecule has 188 valence electrons. The second-order valence-corrected chi connectivity index (χ2v) is 10.3. The van der Waals surface area contributed by atoms with Gasteiger partial charge in [0.1, 0.15) is 6.61 Å². The Hall–Kier alpha value is -2.59. The van der Waals surface area contributed by atoms with E-state index >= 15 is 0 Å². The van der Waals surface area contributed by atoms with Crippen LogP contribution in [-0.4, -0.2) is 61.5 Å². The number of halogens is 2. The number of alkyl halides is 2. The zero-order chi connectivity index (χ0) is 25.0. The topological polar surface area (TPSA) is 105 Å². The van der Waals surface area contributed by atoms with Gasteiger partial charge in [0.25, 0.3) is 18.2 Å². The molecule has 3 rings (SSSR count). The Balaban J connectivity index is 1.83. The van der Waals surface area contributed by atoms with Crippen LogP contribution in [0.4, 0.5) is 20.2 Å². The van der Waals surface area contributed by atoms with Gasteiger partial charge in [-0.25, -0.2) is 8.78 Å². The summed E-state index contributed by atoms with van der Waals surface area (Å²) in [5.74, 6) is -1.46. The van der Waals surface area contributed by atoms with Crippen LogP contribution in [0.1, 0.15) is 52.0 Å². The number of primary amides is 1. The van der Waals surface area contributed by atoms with Crippen LogP contribution >= 0.6 is 0 Å². The van der Waals surface area contributed by atoms with E-state index in [1.165, 1.54) is 17.0 Å². The highest BCUT2D eigenvalue weighted by Crippen LogP contribution is 2.34. The first-order valence-electron chi connectivity index (χ1n) is 11.6. The third kappa shape index (κ3) is 6.50. The lowest BCUT2D eigenvalue weighted by Crippen LogP contribution is -2.55. The third-order valence-electron chi connectivity index (χ3n) is 6.08. The van der Waals surface area contributed by atoms with Crippen LogP contribution in [0.15, 0.2) is 18.2 Å². The molecule has 1 aromatic rings. The number of benzene rings is 1. The fourth-order valence-corrected chi connectivity index (χ4v) is 4.39. The largest absolute Gasteiger partial charge is 0.370 e. The molecule has 34 heavy (non-hydrogen) atoms. The van der Waals surface area contributed by atoms with Crippen molar-refractivity contribution in [2.45, 2.75) is 52.5 Å². The average molecular weight is 481 g/mol. The molecule has 1 aliphatic carbocycles. The molecule has 1 aliphatic heterocycles. The van der Waals surface area contributed by atoms with Gasteiger partial charge in [-0.1, -0.05) is 27.2 Å². The Morgan fingerprint density at radius 3 is 2.53 bits per heavy atom. The van der Waals surface area contributed by atoms with Gasteiger partial charge in [0.2, 0.25) is 5.91 Å². The quantitative estimate of drug-likeness (QED) is 0.529. The Morgan fingerprint density at radius 2 is 2.00 bits per heavy atom. The zero-order valence-electron chi connectivity index (χ0n) is 20.0. The highest BCUT2D eigenvalue weighted by atomic mass is 19.3. The number of anilines is 2. The van der Waals surface area contributed by atoms with Gasteiger partial charge in [0.15, 0.2) is 6.04 Å². The summed E-state index contributed by atoms with van der Waals surface area (Å²) in [4.78, 5) is 40.7. The molecular formula is C24H34F2N4O4. The van der Waals surface area contributed by atoms with Crippen molar-refractivity contribution in [3.05, 3.63) is 23.8 Å². The molecule has 0 unspecified atom stereocenters. The van der Waals surface area contributed by atoms with Gasteiger partial charge in [-0.3, -0.25) is 19.3 Å². The van der Waals surface area contributed by atoms with Gasteiger partial charge < -0.3 is 20.7 Å². The average Bonchev–Trinajstić information content (AvgIpc) is 2.69. The van der Waals surface area contributed by atoms with E-state index in [2.05, 4.69) is 5.32 Å². The predicted molar refractivity (Wildman–Crippen MR) is 125 cm³/mol. The predicted octanol–water partition coefficient (Wildman–Crippen LogP) is 2.93. The van der Waals surface area contributed by atoms with Crippen LogP contribution in [0.25, 0.3) is 0 Å². The van der Waals surface area contributed by atoms with Crippen LogP contribution in [-0.2, 0) is 19.1 Å². The molecule has 1 saturated heterocycles. The van der Waals surface area contributed by atoms with E-state index in [0.29, 0.717) is 19.0 Å². The summed E-state index contributed by atoms with van der Waals surface area (Å²) < 4.78 is 32.8. The fraction of sp³-hybridized carbons (Fsp3) is 0.625. The monoisotopic (exact) mass is 480 g/mol. The molecule has 1 heterocycles. The Bertz CT molecular complexity index is 915. The number of rotatable bonds is 9. The Labute approximate surface area is 198 Å². The Kier molecular flexibility index (Phi) is 8.25. The highest BCUT2D eigenvalue weighted by molar-refractivity contribution is 6.09. The molecule has 0 bridgehead atoms. The van der Waals surface area contributed by atoms with Gasteiger partial charge in [-0.15, -0.1) is 0 Å². The second kappa shape index (κ2) is 10.8. The van der Waals surface area contributed by atoms with Crippen LogP contribution in [0, 0.1) is 11.3 Å². The van der Waals surface area contributed by atoms with Gasteiger partial charge in [-0.2, -0.15) is 0 Å². The van der Waals surface area contributed by atoms with E-state index in [1.54, 1.807) is 4.90 Å². The number of carbonyl (C=O) groups excluding carboxylic acids is 3. The van der Waals surface area contributed by atoms with Crippen LogP contribution in [0.5, 0.6) is 0 Å². The van der Waals surface area contributed by atoms with Gasteiger partial charge in [-0.05, 0) is 42.4 Å². The number of amides is 3. The Morgan fingerprint density at radius 1 is 1.29 bits per heavy atom. The molecule has 2 fully saturated rings. The van der Waals surface area contributed by atoms with E-state index in [1.807, 2.05) is 20.8 Å². The summed E-state index contributed by atoms with van der Waals surface area (Å²) in [6.45, 7) is 7.32. The van der Waals surface area contributed by atoms with Crippen molar-refractivity contribution in [1.29, 1.82) is 0 Å². The first kappa shape index (κ1) is 26.0. The number of carbonyl (C=O) groups is 3. The van der Waals surface area contributed by atoms with E-state index in [4.69, 9.17) is 10.5 Å². The van der Waals surface area contributed by atoms with Crippen LogP contribution in [0.3, 0.4) is 0 Å². The number of nitrogens with zero attached hydrogens (tertiary/aromatic N) is 2. The molecule has 1 atom stereocenters. The molecule has 3 amide bonds. The van der Waals surface area contributed by atoms with Crippen molar-refractivity contribution in [2.75, 3.05) is 43.1 Å². The van der Waals surface area contributed by atoms with Crippen molar-refractivity contribution in [3.63, 3.8) is 0 Å². The first-order chi connectivity index (χ1) is 16.0. The number of morpholine rings is 1. The fourth-order valence-electron chi connectivity index (χ4n) is 4.39. The highest BCUT2D eigenvalue weighted by Gasteiger charge is 2.36. The minimum absolute atomic E-state index is 0.0760. The van der Waals surface area contributed by atoms with Gasteiger partial charge >= 0.3 is 0 Å². The summed E-state index contributed by atoms with van der Waals surface area (Å²) >= 11 is 0. The number of nitrogens with two attached hydrogens (primary N) is 1. The summed E-state index contributed by atoms with van der Waals surface area (Å²) in [6, 6.07) is 2.73. The molecule has 1 saturated carbocycles. The summed E-state index contributed by atoms with van der Waals surface area (Å²) in [5, 5.41) is 2.59. The molecule has 2 aliphatic rings. The lowest BCUT2D eigenvalue weighted by atomic mass is 9.84.